The van der Waals surface area contributed by atoms with E-state index >= 15 is 0 Å². The maximum atomic E-state index is 13.4. The highest BCUT2D eigenvalue weighted by atomic mass is 79.9. The van der Waals surface area contributed by atoms with Gasteiger partial charge in [0, 0.05) is 10.0 Å². The fourth-order valence-electron chi connectivity index (χ4n) is 1.21. The van der Waals surface area contributed by atoms with Gasteiger partial charge in [-0.25, -0.2) is 9.18 Å². The molecule has 1 aromatic rings. The van der Waals surface area contributed by atoms with Gasteiger partial charge in [-0.05, 0) is 39.0 Å². The van der Waals surface area contributed by atoms with Crippen molar-refractivity contribution in [2.45, 2.75) is 32.5 Å². The maximum absolute atomic E-state index is 13.4. The molecule has 1 N–H and O–H groups in total. The third-order valence-corrected chi connectivity index (χ3v) is 2.38. The number of hydrogen-bond acceptors (Lipinski definition) is 3. The summed E-state index contributed by atoms with van der Waals surface area (Å²) in [6, 6.07) is 4.01. The molecule has 0 amide bonds. The highest BCUT2D eigenvalue weighted by Crippen LogP contribution is 2.24. The largest absolute Gasteiger partial charge is 0.458 e. The van der Waals surface area contributed by atoms with Crippen LogP contribution in [0.5, 0.6) is 0 Å². The first-order valence-corrected chi connectivity index (χ1v) is 5.86. The van der Waals surface area contributed by atoms with E-state index in [1.54, 1.807) is 20.8 Å². The molecule has 0 spiro atoms. The molecule has 0 saturated carbocycles. The van der Waals surface area contributed by atoms with Crippen LogP contribution >= 0.6 is 15.9 Å². The number of benzene rings is 1. The molecule has 1 atom stereocenters. The van der Waals surface area contributed by atoms with Crippen LogP contribution < -0.4 is 0 Å². The van der Waals surface area contributed by atoms with Crippen molar-refractivity contribution in [3.8, 4) is 0 Å². The van der Waals surface area contributed by atoms with Crippen LogP contribution in [-0.2, 0) is 9.53 Å². The van der Waals surface area contributed by atoms with E-state index in [1.165, 1.54) is 18.2 Å². The van der Waals surface area contributed by atoms with Crippen molar-refractivity contribution >= 4 is 21.9 Å². The maximum Gasteiger partial charge on any atom is 0.340 e. The van der Waals surface area contributed by atoms with Gasteiger partial charge in [-0.3, -0.25) is 0 Å². The molecule has 0 fully saturated rings. The van der Waals surface area contributed by atoms with Gasteiger partial charge in [0.1, 0.15) is 11.4 Å². The van der Waals surface area contributed by atoms with Crippen molar-refractivity contribution in [3.63, 3.8) is 0 Å². The topological polar surface area (TPSA) is 46.5 Å². The quantitative estimate of drug-likeness (QED) is 0.855. The predicted molar refractivity (Wildman–Crippen MR) is 64.9 cm³/mol. The molecule has 0 aliphatic rings. The second kappa shape index (κ2) is 5.14. The molecule has 1 aromatic carbocycles. The summed E-state index contributed by atoms with van der Waals surface area (Å²) >= 11 is 3.15. The van der Waals surface area contributed by atoms with Gasteiger partial charge in [-0.2, -0.15) is 0 Å². The summed E-state index contributed by atoms with van der Waals surface area (Å²) in [6.07, 6.45) is -1.62. The van der Waals surface area contributed by atoms with Crippen molar-refractivity contribution in [2.75, 3.05) is 0 Å². The van der Waals surface area contributed by atoms with E-state index < -0.39 is 23.5 Å². The predicted octanol–water partition coefficient (Wildman–Crippen LogP) is 2.96. The number of esters is 1. The number of aliphatic hydroxyl groups is 1. The molecule has 0 saturated heterocycles. The van der Waals surface area contributed by atoms with Crippen molar-refractivity contribution < 1.29 is 19.0 Å². The first-order chi connectivity index (χ1) is 7.70. The number of rotatable bonds is 2. The number of carbonyl (C=O) groups excluding carboxylic acids is 1. The smallest absolute Gasteiger partial charge is 0.340 e. The molecule has 0 aliphatic heterocycles. The highest BCUT2D eigenvalue weighted by molar-refractivity contribution is 9.10. The Morgan fingerprint density at radius 1 is 1.47 bits per heavy atom. The first kappa shape index (κ1) is 14.1. The second-order valence-electron chi connectivity index (χ2n) is 4.60. The lowest BCUT2D eigenvalue weighted by atomic mass is 10.1. The zero-order valence-electron chi connectivity index (χ0n) is 9.83. The van der Waals surface area contributed by atoms with Crippen molar-refractivity contribution in [3.05, 3.63) is 34.1 Å². The van der Waals surface area contributed by atoms with Gasteiger partial charge >= 0.3 is 5.97 Å². The minimum atomic E-state index is -1.62. The number of hydrogen-bond donors (Lipinski definition) is 1. The zero-order chi connectivity index (χ0) is 13.2. The molecule has 17 heavy (non-hydrogen) atoms. The van der Waals surface area contributed by atoms with Crippen LogP contribution in [0.25, 0.3) is 0 Å². The molecule has 0 aromatic heterocycles. The Hall–Kier alpha value is -0.940. The molecule has 0 bridgehead atoms. The van der Waals surface area contributed by atoms with Crippen LogP contribution in [-0.4, -0.2) is 16.7 Å². The van der Waals surface area contributed by atoms with Crippen LogP contribution in [0.2, 0.25) is 0 Å². The standard InChI is InChI=1S/C12H14BrFO3/c1-12(2,3)17-11(16)10(15)8-6-7(13)4-5-9(8)14/h4-6,10,15H,1-3H3. The first-order valence-electron chi connectivity index (χ1n) is 5.06. The molecule has 0 heterocycles. The Morgan fingerprint density at radius 2 is 2.06 bits per heavy atom. The Kier molecular flexibility index (Phi) is 4.27. The lowest BCUT2D eigenvalue weighted by molar-refractivity contribution is -0.165. The van der Waals surface area contributed by atoms with Crippen LogP contribution in [0.3, 0.4) is 0 Å². The molecule has 0 aliphatic carbocycles. The summed E-state index contributed by atoms with van der Waals surface area (Å²) in [6.45, 7) is 5.03. The van der Waals surface area contributed by atoms with Gasteiger partial charge < -0.3 is 9.84 Å². The summed E-state index contributed by atoms with van der Waals surface area (Å²) in [4.78, 5) is 11.6. The summed E-state index contributed by atoms with van der Waals surface area (Å²) in [5, 5.41) is 9.72. The third kappa shape index (κ3) is 4.09. The summed E-state index contributed by atoms with van der Waals surface area (Å²) in [5.74, 6) is -1.51. The van der Waals surface area contributed by atoms with Gasteiger partial charge in [-0.1, -0.05) is 15.9 Å². The number of ether oxygens (including phenoxy) is 1. The number of carbonyl (C=O) groups is 1. The van der Waals surface area contributed by atoms with E-state index in [2.05, 4.69) is 15.9 Å². The normalized spacial score (nSPS) is 13.3. The van der Waals surface area contributed by atoms with E-state index in [0.29, 0.717) is 4.47 Å². The lowest BCUT2D eigenvalue weighted by Gasteiger charge is -2.22. The van der Waals surface area contributed by atoms with Gasteiger partial charge in [0.05, 0.1) is 0 Å². The number of aliphatic hydroxyl groups excluding tert-OH is 1. The summed E-state index contributed by atoms with van der Waals surface area (Å²) in [5.41, 5.74) is -0.825. The van der Waals surface area contributed by atoms with Gasteiger partial charge in [0.15, 0.2) is 6.10 Å². The minimum Gasteiger partial charge on any atom is -0.458 e. The minimum absolute atomic E-state index is 0.103. The monoisotopic (exact) mass is 304 g/mol. The molecular formula is C12H14BrFO3. The molecular weight excluding hydrogens is 291 g/mol. The van der Waals surface area contributed by atoms with E-state index in [4.69, 9.17) is 4.74 Å². The van der Waals surface area contributed by atoms with Crippen LogP contribution in [0.15, 0.2) is 22.7 Å². The van der Waals surface area contributed by atoms with Crippen LogP contribution in [0.1, 0.15) is 32.4 Å². The molecule has 5 heteroatoms. The molecule has 1 unspecified atom stereocenters. The average Bonchev–Trinajstić information content (AvgIpc) is 2.18. The SMILES string of the molecule is CC(C)(C)OC(=O)C(O)c1cc(Br)ccc1F. The third-order valence-electron chi connectivity index (χ3n) is 1.88. The van der Waals surface area contributed by atoms with Crippen LogP contribution in [0.4, 0.5) is 4.39 Å². The molecule has 94 valence electrons. The summed E-state index contributed by atoms with van der Waals surface area (Å²) < 4.78 is 19.0. The fraction of sp³-hybridized carbons (Fsp3) is 0.417. The van der Waals surface area contributed by atoms with E-state index in [1.807, 2.05) is 0 Å². The van der Waals surface area contributed by atoms with E-state index in [9.17, 15) is 14.3 Å². The Labute approximate surface area is 108 Å². The van der Waals surface area contributed by atoms with Gasteiger partial charge in [0.2, 0.25) is 0 Å². The average molecular weight is 305 g/mol. The Morgan fingerprint density at radius 3 is 2.59 bits per heavy atom. The Balaban J connectivity index is 2.92. The summed E-state index contributed by atoms with van der Waals surface area (Å²) in [7, 11) is 0. The van der Waals surface area contributed by atoms with Gasteiger partial charge in [-0.15, -0.1) is 0 Å². The number of halogens is 2. The molecule has 0 radical (unpaired) electrons. The lowest BCUT2D eigenvalue weighted by Crippen LogP contribution is -2.28. The molecule has 1 rings (SSSR count). The van der Waals surface area contributed by atoms with E-state index in [-0.39, 0.29) is 5.56 Å². The van der Waals surface area contributed by atoms with Gasteiger partial charge in [0.25, 0.3) is 0 Å². The van der Waals surface area contributed by atoms with Crippen molar-refractivity contribution in [2.24, 2.45) is 0 Å². The van der Waals surface area contributed by atoms with Crippen LogP contribution in [0, 0.1) is 5.82 Å². The highest BCUT2D eigenvalue weighted by Gasteiger charge is 2.26. The second-order valence-corrected chi connectivity index (χ2v) is 5.52. The molecule has 3 nitrogen and oxygen atoms in total. The van der Waals surface area contributed by atoms with E-state index in [0.717, 1.165) is 0 Å². The van der Waals surface area contributed by atoms with Crippen molar-refractivity contribution in [1.82, 2.24) is 0 Å². The zero-order valence-corrected chi connectivity index (χ0v) is 11.4. The van der Waals surface area contributed by atoms with Crippen molar-refractivity contribution in [1.29, 1.82) is 0 Å². The Bertz CT molecular complexity index is 426. The fourth-order valence-corrected chi connectivity index (χ4v) is 1.59.